The minimum absolute atomic E-state index is 0.0284. The Labute approximate surface area is 181 Å². The van der Waals surface area contributed by atoms with Gasteiger partial charge in [-0.25, -0.2) is 4.79 Å². The minimum Gasteiger partial charge on any atom is -0.369 e. The number of anilines is 1. The van der Waals surface area contributed by atoms with E-state index in [-0.39, 0.29) is 17.9 Å². The molecule has 0 atom stereocenters. The normalized spacial score (nSPS) is 18.3. The summed E-state index contributed by atoms with van der Waals surface area (Å²) < 4.78 is 0. The van der Waals surface area contributed by atoms with Crippen molar-refractivity contribution in [1.82, 2.24) is 20.0 Å². The molecule has 0 saturated carbocycles. The molecule has 7 nitrogen and oxygen atoms in total. The van der Waals surface area contributed by atoms with Gasteiger partial charge in [0.1, 0.15) is 0 Å². The molecule has 30 heavy (non-hydrogen) atoms. The third-order valence-electron chi connectivity index (χ3n) is 6.39. The lowest BCUT2D eigenvalue weighted by Gasteiger charge is -2.36. The van der Waals surface area contributed by atoms with Crippen molar-refractivity contribution < 1.29 is 9.59 Å². The molecule has 0 spiro atoms. The summed E-state index contributed by atoms with van der Waals surface area (Å²) in [7, 11) is 0. The monoisotopic (exact) mass is 415 g/mol. The number of carbonyl (C=O) groups excluding carboxylic acids is 2. The van der Waals surface area contributed by atoms with E-state index in [4.69, 9.17) is 0 Å². The largest absolute Gasteiger partial charge is 0.369 e. The standard InChI is InChI=1S/C23H37N5O2/c1-3-26(4-2)23(30)28-13-10-20(11-14-28)22(29)24-12-15-25-16-18-27(19-17-25)21-8-6-5-7-9-21/h5-9,20H,3-4,10-19H2,1-2H3,(H,24,29). The van der Waals surface area contributed by atoms with Crippen LogP contribution in [-0.4, -0.2) is 92.1 Å². The van der Waals surface area contributed by atoms with Crippen molar-refractivity contribution in [2.45, 2.75) is 26.7 Å². The van der Waals surface area contributed by atoms with E-state index in [0.29, 0.717) is 19.6 Å². The van der Waals surface area contributed by atoms with Crippen LogP contribution in [0.1, 0.15) is 26.7 Å². The average molecular weight is 416 g/mol. The van der Waals surface area contributed by atoms with Crippen molar-refractivity contribution in [3.8, 4) is 0 Å². The van der Waals surface area contributed by atoms with Crippen molar-refractivity contribution in [1.29, 1.82) is 0 Å². The van der Waals surface area contributed by atoms with Crippen LogP contribution in [0.5, 0.6) is 0 Å². The van der Waals surface area contributed by atoms with E-state index in [9.17, 15) is 9.59 Å². The zero-order valence-corrected chi connectivity index (χ0v) is 18.6. The molecule has 2 aliphatic rings. The number of piperazine rings is 1. The van der Waals surface area contributed by atoms with E-state index in [0.717, 1.165) is 58.7 Å². The topological polar surface area (TPSA) is 59.1 Å². The number of benzene rings is 1. The van der Waals surface area contributed by atoms with Crippen LogP contribution in [0, 0.1) is 5.92 Å². The molecular weight excluding hydrogens is 378 g/mol. The number of likely N-dealkylation sites (tertiary alicyclic amines) is 1. The van der Waals surface area contributed by atoms with Crippen LogP contribution < -0.4 is 10.2 Å². The van der Waals surface area contributed by atoms with Crippen LogP contribution in [0.15, 0.2) is 30.3 Å². The van der Waals surface area contributed by atoms with E-state index in [1.54, 1.807) is 0 Å². The summed E-state index contributed by atoms with van der Waals surface area (Å²) in [6, 6.07) is 10.7. The van der Waals surface area contributed by atoms with Crippen LogP contribution in [0.4, 0.5) is 10.5 Å². The van der Waals surface area contributed by atoms with Crippen molar-refractivity contribution >= 4 is 17.6 Å². The molecule has 1 aromatic rings. The Hall–Kier alpha value is -2.28. The van der Waals surface area contributed by atoms with Crippen molar-refractivity contribution in [2.75, 3.05) is 70.3 Å². The highest BCUT2D eigenvalue weighted by atomic mass is 16.2. The number of nitrogens with one attached hydrogen (secondary N) is 1. The maximum atomic E-state index is 12.5. The highest BCUT2D eigenvalue weighted by Gasteiger charge is 2.28. The fraction of sp³-hybridized carbons (Fsp3) is 0.652. The zero-order chi connectivity index (χ0) is 21.3. The molecule has 2 fully saturated rings. The number of para-hydroxylation sites is 1. The van der Waals surface area contributed by atoms with Gasteiger partial charge in [-0.3, -0.25) is 9.69 Å². The Morgan fingerprint density at radius 2 is 1.60 bits per heavy atom. The van der Waals surface area contributed by atoms with Gasteiger partial charge < -0.3 is 20.0 Å². The Morgan fingerprint density at radius 1 is 0.967 bits per heavy atom. The number of piperidine rings is 1. The summed E-state index contributed by atoms with van der Waals surface area (Å²) in [6.45, 7) is 12.5. The molecular formula is C23H37N5O2. The molecule has 0 aliphatic carbocycles. The zero-order valence-electron chi connectivity index (χ0n) is 18.6. The lowest BCUT2D eigenvalue weighted by Crippen LogP contribution is -2.50. The number of urea groups is 1. The Morgan fingerprint density at radius 3 is 2.20 bits per heavy atom. The van der Waals surface area contributed by atoms with Crippen LogP contribution in [0.3, 0.4) is 0 Å². The summed E-state index contributed by atoms with van der Waals surface area (Å²) in [5.41, 5.74) is 1.29. The van der Waals surface area contributed by atoms with Crippen LogP contribution in [0.2, 0.25) is 0 Å². The molecule has 3 rings (SSSR count). The lowest BCUT2D eigenvalue weighted by molar-refractivity contribution is -0.126. The molecule has 1 N–H and O–H groups in total. The molecule has 1 aromatic carbocycles. The fourth-order valence-corrected chi connectivity index (χ4v) is 4.38. The van der Waals surface area contributed by atoms with Gasteiger partial charge in [-0.1, -0.05) is 18.2 Å². The first kappa shape index (κ1) is 22.4. The minimum atomic E-state index is 0.0284. The third kappa shape index (κ3) is 5.88. The van der Waals surface area contributed by atoms with Crippen molar-refractivity contribution in [2.24, 2.45) is 5.92 Å². The average Bonchev–Trinajstić information content (AvgIpc) is 2.81. The van der Waals surface area contributed by atoms with Gasteiger partial charge in [-0.05, 0) is 38.8 Å². The molecule has 0 bridgehead atoms. The second-order valence-corrected chi connectivity index (χ2v) is 8.17. The van der Waals surface area contributed by atoms with Gasteiger partial charge >= 0.3 is 6.03 Å². The maximum Gasteiger partial charge on any atom is 0.319 e. The number of carbonyl (C=O) groups is 2. The second kappa shape index (κ2) is 11.2. The van der Waals surface area contributed by atoms with E-state index in [2.05, 4.69) is 45.4 Å². The number of amides is 3. The molecule has 0 unspecified atom stereocenters. The van der Waals surface area contributed by atoms with E-state index in [1.807, 2.05) is 23.6 Å². The Kier molecular flexibility index (Phi) is 8.37. The second-order valence-electron chi connectivity index (χ2n) is 8.17. The van der Waals surface area contributed by atoms with E-state index >= 15 is 0 Å². The molecule has 3 amide bonds. The maximum absolute atomic E-state index is 12.5. The van der Waals surface area contributed by atoms with Gasteiger partial charge in [0.25, 0.3) is 0 Å². The first-order valence-electron chi connectivity index (χ1n) is 11.5. The Bertz CT molecular complexity index is 663. The van der Waals surface area contributed by atoms with Crippen LogP contribution in [-0.2, 0) is 4.79 Å². The molecule has 7 heteroatoms. The summed E-state index contributed by atoms with van der Waals surface area (Å²) >= 11 is 0. The van der Waals surface area contributed by atoms with Gasteiger partial charge in [0.05, 0.1) is 0 Å². The fourth-order valence-electron chi connectivity index (χ4n) is 4.38. The molecule has 2 saturated heterocycles. The van der Waals surface area contributed by atoms with Crippen molar-refractivity contribution in [3.63, 3.8) is 0 Å². The van der Waals surface area contributed by atoms with Crippen LogP contribution >= 0.6 is 0 Å². The molecule has 166 valence electrons. The van der Waals surface area contributed by atoms with E-state index in [1.165, 1.54) is 5.69 Å². The Balaban J connectivity index is 1.32. The summed E-state index contributed by atoms with van der Waals surface area (Å²) in [5, 5.41) is 3.12. The van der Waals surface area contributed by atoms with Gasteiger partial charge in [0, 0.05) is 77.1 Å². The van der Waals surface area contributed by atoms with Gasteiger partial charge in [0.2, 0.25) is 5.91 Å². The highest BCUT2D eigenvalue weighted by molar-refractivity contribution is 5.79. The molecule has 0 aromatic heterocycles. The van der Waals surface area contributed by atoms with Crippen molar-refractivity contribution in [3.05, 3.63) is 30.3 Å². The molecule has 0 radical (unpaired) electrons. The predicted octanol–water partition coefficient (Wildman–Crippen LogP) is 2.10. The SMILES string of the molecule is CCN(CC)C(=O)N1CCC(C(=O)NCCN2CCN(c3ccccc3)CC2)CC1. The smallest absolute Gasteiger partial charge is 0.319 e. The number of rotatable bonds is 7. The number of hydrogen-bond donors (Lipinski definition) is 1. The summed E-state index contributed by atoms with van der Waals surface area (Å²) in [4.78, 5) is 33.6. The predicted molar refractivity (Wildman–Crippen MR) is 121 cm³/mol. The highest BCUT2D eigenvalue weighted by Crippen LogP contribution is 2.19. The van der Waals surface area contributed by atoms with Crippen LogP contribution in [0.25, 0.3) is 0 Å². The first-order valence-corrected chi connectivity index (χ1v) is 11.5. The van der Waals surface area contributed by atoms with Gasteiger partial charge in [-0.15, -0.1) is 0 Å². The van der Waals surface area contributed by atoms with Gasteiger partial charge in [0.15, 0.2) is 0 Å². The summed E-state index contributed by atoms with van der Waals surface area (Å²) in [5.74, 6) is 0.175. The molecule has 2 aliphatic heterocycles. The lowest BCUT2D eigenvalue weighted by atomic mass is 9.96. The number of nitrogens with zero attached hydrogens (tertiary/aromatic N) is 4. The third-order valence-corrected chi connectivity index (χ3v) is 6.39. The molecule has 2 heterocycles. The first-order chi connectivity index (χ1) is 14.6. The quantitative estimate of drug-likeness (QED) is 0.741. The van der Waals surface area contributed by atoms with Gasteiger partial charge in [-0.2, -0.15) is 0 Å². The summed E-state index contributed by atoms with van der Waals surface area (Å²) in [6.07, 6.45) is 1.52. The number of hydrogen-bond acceptors (Lipinski definition) is 4. The van der Waals surface area contributed by atoms with E-state index < -0.39 is 0 Å².